The van der Waals surface area contributed by atoms with E-state index < -0.39 is 9.84 Å². The van der Waals surface area contributed by atoms with Gasteiger partial charge in [0.2, 0.25) is 20.9 Å². The van der Waals surface area contributed by atoms with Crippen LogP contribution < -0.4 is 10.6 Å². The predicted molar refractivity (Wildman–Crippen MR) is 103 cm³/mol. The van der Waals surface area contributed by atoms with E-state index >= 15 is 0 Å². The Morgan fingerprint density at radius 3 is 2.52 bits per heavy atom. The highest BCUT2D eigenvalue weighted by Crippen LogP contribution is 2.26. The molecule has 0 saturated heterocycles. The summed E-state index contributed by atoms with van der Waals surface area (Å²) in [4.78, 5) is 22.3. The molecule has 0 fully saturated rings. The molecular formula is C17H17N7O2S. The molecule has 0 amide bonds. The summed E-state index contributed by atoms with van der Waals surface area (Å²) in [6.07, 6.45) is 3.56. The number of sulfone groups is 1. The quantitative estimate of drug-likeness (QED) is 0.401. The fraction of sp³-hybridized carbons (Fsp3) is 0.118. The zero-order chi connectivity index (χ0) is 19.4. The van der Waals surface area contributed by atoms with Crippen molar-refractivity contribution in [3.05, 3.63) is 48.7 Å². The van der Waals surface area contributed by atoms with Gasteiger partial charge >= 0.3 is 0 Å². The van der Waals surface area contributed by atoms with Gasteiger partial charge in [0, 0.05) is 31.1 Å². The van der Waals surface area contributed by atoms with Crippen LogP contribution in [-0.2, 0) is 9.84 Å². The molecule has 3 rings (SSSR count). The van der Waals surface area contributed by atoms with Gasteiger partial charge in [-0.15, -0.1) is 0 Å². The van der Waals surface area contributed by atoms with Crippen molar-refractivity contribution in [2.45, 2.75) is 5.16 Å². The van der Waals surface area contributed by atoms with Gasteiger partial charge in [0.1, 0.15) is 5.82 Å². The van der Waals surface area contributed by atoms with Gasteiger partial charge in [-0.2, -0.15) is 4.98 Å². The number of nitrogens with zero attached hydrogens (tertiary/aromatic N) is 6. The van der Waals surface area contributed by atoms with Gasteiger partial charge in [-0.1, -0.05) is 30.3 Å². The average Bonchev–Trinajstić information content (AvgIpc) is 2.67. The molecule has 1 aromatic carbocycles. The monoisotopic (exact) mass is 383 g/mol. The van der Waals surface area contributed by atoms with E-state index in [1.165, 1.54) is 6.20 Å². The lowest BCUT2D eigenvalue weighted by Crippen LogP contribution is -2.16. The van der Waals surface area contributed by atoms with Gasteiger partial charge in [-0.25, -0.2) is 28.4 Å². The molecule has 0 aliphatic carbocycles. The van der Waals surface area contributed by atoms with Crippen LogP contribution in [0, 0.1) is 0 Å². The fourth-order valence-corrected chi connectivity index (χ4v) is 2.78. The normalized spacial score (nSPS) is 11.6. The summed E-state index contributed by atoms with van der Waals surface area (Å²) in [6, 6.07) is 12.8. The Morgan fingerprint density at radius 1 is 1.11 bits per heavy atom. The van der Waals surface area contributed by atoms with Gasteiger partial charge in [0.25, 0.3) is 0 Å². The first-order chi connectivity index (χ1) is 12.9. The third-order valence-electron chi connectivity index (χ3n) is 3.57. The van der Waals surface area contributed by atoms with Crippen LogP contribution in [0.4, 0.5) is 17.6 Å². The lowest BCUT2D eigenvalue weighted by molar-refractivity contribution is 0.593. The lowest BCUT2D eigenvalue weighted by atomic mass is 10.1. The zero-order valence-electron chi connectivity index (χ0n) is 14.7. The first kappa shape index (κ1) is 18.4. The van der Waals surface area contributed by atoms with Crippen LogP contribution in [0.2, 0.25) is 0 Å². The van der Waals surface area contributed by atoms with Crippen LogP contribution in [0.5, 0.6) is 0 Å². The molecule has 2 heterocycles. The Hall–Kier alpha value is -3.40. The van der Waals surface area contributed by atoms with E-state index in [4.69, 9.17) is 5.73 Å². The summed E-state index contributed by atoms with van der Waals surface area (Å²) in [5, 5.41) is -0.272. The second kappa shape index (κ2) is 7.46. The topological polar surface area (TPSA) is 127 Å². The number of anilines is 2. The summed E-state index contributed by atoms with van der Waals surface area (Å²) in [5.74, 6) is 0.985. The number of hydrogen-bond acceptors (Lipinski definition) is 8. The molecule has 0 spiro atoms. The van der Waals surface area contributed by atoms with Gasteiger partial charge in [0.15, 0.2) is 5.82 Å². The third-order valence-corrected chi connectivity index (χ3v) is 4.43. The van der Waals surface area contributed by atoms with Gasteiger partial charge < -0.3 is 5.73 Å². The lowest BCUT2D eigenvalue weighted by Gasteiger charge is -2.17. The molecule has 0 saturated carbocycles. The van der Waals surface area contributed by atoms with Crippen molar-refractivity contribution in [3.8, 4) is 11.3 Å². The van der Waals surface area contributed by atoms with Crippen LogP contribution in [0.25, 0.3) is 11.3 Å². The molecule has 0 aliphatic heterocycles. The van der Waals surface area contributed by atoms with Crippen LogP contribution in [0.1, 0.15) is 0 Å². The van der Waals surface area contributed by atoms with Crippen molar-refractivity contribution in [3.63, 3.8) is 0 Å². The number of aliphatic imine (C=N–C) groups is 1. The minimum atomic E-state index is -3.54. The Morgan fingerprint density at radius 2 is 1.85 bits per heavy atom. The maximum absolute atomic E-state index is 11.7. The zero-order valence-corrected chi connectivity index (χ0v) is 15.5. The fourth-order valence-electron chi connectivity index (χ4n) is 2.27. The molecule has 3 aromatic rings. The molecule has 0 bridgehead atoms. The van der Waals surface area contributed by atoms with Crippen LogP contribution in [0.3, 0.4) is 0 Å². The Bertz CT molecular complexity index is 1090. The van der Waals surface area contributed by atoms with Crippen LogP contribution >= 0.6 is 0 Å². The maximum Gasteiger partial charge on any atom is 0.248 e. The van der Waals surface area contributed by atoms with Crippen LogP contribution in [0.15, 0.2) is 58.8 Å². The minimum Gasteiger partial charge on any atom is -0.390 e. The minimum absolute atomic E-state index is 0.272. The molecule has 9 nitrogen and oxygen atoms in total. The summed E-state index contributed by atoms with van der Waals surface area (Å²) >= 11 is 0. The highest BCUT2D eigenvalue weighted by Gasteiger charge is 2.16. The van der Waals surface area contributed by atoms with E-state index in [-0.39, 0.29) is 11.1 Å². The Labute approximate surface area is 156 Å². The van der Waals surface area contributed by atoms with Crippen molar-refractivity contribution < 1.29 is 8.42 Å². The predicted octanol–water partition coefficient (Wildman–Crippen LogP) is 1.72. The van der Waals surface area contributed by atoms with Crippen molar-refractivity contribution in [2.24, 2.45) is 10.7 Å². The molecule has 2 N–H and O–H groups in total. The first-order valence-electron chi connectivity index (χ1n) is 7.84. The SMILES string of the molecule is CN(c1ccnc(S(C)(=O)=O)n1)c1nc(N=CN)cc(-c2ccccc2)n1. The van der Waals surface area contributed by atoms with Gasteiger partial charge in [-0.05, 0) is 6.07 Å². The summed E-state index contributed by atoms with van der Waals surface area (Å²) in [5.41, 5.74) is 6.92. The van der Waals surface area contributed by atoms with E-state index in [0.29, 0.717) is 17.3 Å². The number of hydrogen-bond donors (Lipinski definition) is 1. The third kappa shape index (κ3) is 4.23. The van der Waals surface area contributed by atoms with Crippen molar-refractivity contribution >= 4 is 33.8 Å². The first-order valence-corrected chi connectivity index (χ1v) is 9.73. The standard InChI is InChI=1S/C17H17N7O2S/c1-24(15-8-9-19-17(23-15)27(2,25)26)16-21-13(10-14(22-16)20-11-18)12-6-4-3-5-7-12/h3-11H,1-2H3,(H2,18,20,21,22). The van der Waals surface area contributed by atoms with E-state index in [1.54, 1.807) is 24.1 Å². The van der Waals surface area contributed by atoms with Crippen molar-refractivity contribution in [2.75, 3.05) is 18.2 Å². The molecule has 0 unspecified atom stereocenters. The van der Waals surface area contributed by atoms with Crippen molar-refractivity contribution in [1.82, 2.24) is 19.9 Å². The second-order valence-electron chi connectivity index (χ2n) is 5.58. The van der Waals surface area contributed by atoms with E-state index in [1.807, 2.05) is 30.3 Å². The maximum atomic E-state index is 11.7. The summed E-state index contributed by atoms with van der Waals surface area (Å²) in [7, 11) is -1.86. The molecular weight excluding hydrogens is 366 g/mol. The van der Waals surface area contributed by atoms with E-state index in [9.17, 15) is 8.42 Å². The molecule has 10 heteroatoms. The average molecular weight is 383 g/mol. The molecule has 2 aromatic heterocycles. The molecule has 138 valence electrons. The number of rotatable bonds is 5. The van der Waals surface area contributed by atoms with Gasteiger partial charge in [-0.3, -0.25) is 4.90 Å². The Kier molecular flexibility index (Phi) is 5.08. The van der Waals surface area contributed by atoms with Gasteiger partial charge in [0.05, 0.1) is 12.0 Å². The molecule has 0 aliphatic rings. The summed E-state index contributed by atoms with van der Waals surface area (Å²) in [6.45, 7) is 0. The number of nitrogens with two attached hydrogens (primary N) is 1. The number of aromatic nitrogens is 4. The highest BCUT2D eigenvalue weighted by molar-refractivity contribution is 7.90. The molecule has 0 radical (unpaired) electrons. The second-order valence-corrected chi connectivity index (χ2v) is 7.49. The smallest absolute Gasteiger partial charge is 0.248 e. The highest BCUT2D eigenvalue weighted by atomic mass is 32.2. The van der Waals surface area contributed by atoms with Crippen LogP contribution in [-0.4, -0.2) is 48.0 Å². The molecule has 27 heavy (non-hydrogen) atoms. The van der Waals surface area contributed by atoms with E-state index in [0.717, 1.165) is 18.2 Å². The summed E-state index contributed by atoms with van der Waals surface area (Å²) < 4.78 is 23.4. The largest absolute Gasteiger partial charge is 0.390 e. The number of benzene rings is 1. The van der Waals surface area contributed by atoms with E-state index in [2.05, 4.69) is 24.9 Å². The van der Waals surface area contributed by atoms with Crippen molar-refractivity contribution in [1.29, 1.82) is 0 Å². The Balaban J connectivity index is 2.09. The molecule has 0 atom stereocenters.